The number of aromatic nitrogens is 2. The van der Waals surface area contributed by atoms with E-state index in [-0.39, 0.29) is 11.7 Å². The van der Waals surface area contributed by atoms with Gasteiger partial charge in [-0.15, -0.1) is 0 Å². The Morgan fingerprint density at radius 2 is 2.08 bits per heavy atom. The monoisotopic (exact) mass is 341 g/mol. The topological polar surface area (TPSA) is 78.5 Å². The molecule has 7 heteroatoms. The number of anilines is 1. The molecule has 25 heavy (non-hydrogen) atoms. The fourth-order valence-electron chi connectivity index (χ4n) is 2.58. The largest absolute Gasteiger partial charge is 0.493 e. The predicted octanol–water partition coefficient (Wildman–Crippen LogP) is 3.10. The SMILES string of the molecule is COc1cccc(Cn2nccc2NC(=O)c2occc2C)c1OC. The summed E-state index contributed by atoms with van der Waals surface area (Å²) < 4.78 is 17.7. The van der Waals surface area contributed by atoms with Gasteiger partial charge < -0.3 is 19.2 Å². The van der Waals surface area contributed by atoms with Crippen LogP contribution in [0.15, 0.2) is 47.2 Å². The second-order valence-corrected chi connectivity index (χ2v) is 5.41. The molecule has 0 spiro atoms. The number of furan rings is 1. The van der Waals surface area contributed by atoms with E-state index in [0.717, 1.165) is 11.1 Å². The number of nitrogens with one attached hydrogen (secondary N) is 1. The van der Waals surface area contributed by atoms with Gasteiger partial charge in [-0.25, -0.2) is 4.68 Å². The molecule has 0 bridgehead atoms. The summed E-state index contributed by atoms with van der Waals surface area (Å²) in [6, 6.07) is 9.10. The van der Waals surface area contributed by atoms with Crippen LogP contribution in [0.25, 0.3) is 0 Å². The zero-order valence-corrected chi connectivity index (χ0v) is 14.3. The summed E-state index contributed by atoms with van der Waals surface area (Å²) >= 11 is 0. The van der Waals surface area contributed by atoms with Crippen LogP contribution in [0.4, 0.5) is 5.82 Å². The van der Waals surface area contributed by atoms with Crippen LogP contribution in [-0.4, -0.2) is 29.9 Å². The Hall–Kier alpha value is -3.22. The van der Waals surface area contributed by atoms with Crippen LogP contribution >= 0.6 is 0 Å². The number of ether oxygens (including phenoxy) is 2. The minimum atomic E-state index is -0.318. The molecule has 3 aromatic rings. The maximum atomic E-state index is 12.3. The Bertz CT molecular complexity index is 882. The van der Waals surface area contributed by atoms with Gasteiger partial charge in [-0.1, -0.05) is 12.1 Å². The molecule has 2 aromatic heterocycles. The second-order valence-electron chi connectivity index (χ2n) is 5.41. The van der Waals surface area contributed by atoms with Crippen molar-refractivity contribution in [3.63, 3.8) is 0 Å². The average Bonchev–Trinajstić information content (AvgIpc) is 3.23. The zero-order chi connectivity index (χ0) is 17.8. The third kappa shape index (κ3) is 3.35. The standard InChI is InChI=1S/C18H19N3O4/c1-12-8-10-25-16(12)18(22)20-15-7-9-19-21(15)11-13-5-4-6-14(23-2)17(13)24-3/h4-10H,11H2,1-3H3,(H,20,22). The molecule has 1 amide bonds. The third-order valence-electron chi connectivity index (χ3n) is 3.83. The van der Waals surface area contributed by atoms with Gasteiger partial charge in [0.15, 0.2) is 17.3 Å². The highest BCUT2D eigenvalue weighted by molar-refractivity contribution is 6.02. The van der Waals surface area contributed by atoms with Crippen LogP contribution in [-0.2, 0) is 6.54 Å². The molecular weight excluding hydrogens is 322 g/mol. The molecular formula is C18H19N3O4. The van der Waals surface area contributed by atoms with Gasteiger partial charge in [-0.3, -0.25) is 4.79 Å². The first kappa shape index (κ1) is 16.6. The van der Waals surface area contributed by atoms with Crippen LogP contribution in [0.3, 0.4) is 0 Å². The van der Waals surface area contributed by atoms with Crippen molar-refractivity contribution in [3.05, 3.63) is 59.7 Å². The maximum Gasteiger partial charge on any atom is 0.292 e. The van der Waals surface area contributed by atoms with Crippen molar-refractivity contribution < 1.29 is 18.7 Å². The van der Waals surface area contributed by atoms with Crippen molar-refractivity contribution in [2.75, 3.05) is 19.5 Å². The number of rotatable bonds is 6. The van der Waals surface area contributed by atoms with E-state index in [4.69, 9.17) is 13.9 Å². The van der Waals surface area contributed by atoms with Crippen LogP contribution < -0.4 is 14.8 Å². The average molecular weight is 341 g/mol. The molecule has 130 valence electrons. The van der Waals surface area contributed by atoms with Crippen LogP contribution in [0, 0.1) is 6.92 Å². The maximum absolute atomic E-state index is 12.3. The first-order valence-corrected chi connectivity index (χ1v) is 7.71. The van der Waals surface area contributed by atoms with Gasteiger partial charge in [0.25, 0.3) is 5.91 Å². The van der Waals surface area contributed by atoms with E-state index in [2.05, 4.69) is 10.4 Å². The quantitative estimate of drug-likeness (QED) is 0.745. The number of benzene rings is 1. The number of carbonyl (C=O) groups excluding carboxylic acids is 1. The first-order chi connectivity index (χ1) is 12.1. The van der Waals surface area contributed by atoms with E-state index in [0.29, 0.717) is 23.9 Å². The molecule has 0 radical (unpaired) electrons. The summed E-state index contributed by atoms with van der Waals surface area (Å²) in [6.07, 6.45) is 3.11. The highest BCUT2D eigenvalue weighted by atomic mass is 16.5. The molecule has 0 saturated heterocycles. The van der Waals surface area contributed by atoms with Gasteiger partial charge >= 0.3 is 0 Å². The minimum Gasteiger partial charge on any atom is -0.493 e. The summed E-state index contributed by atoms with van der Waals surface area (Å²) in [5, 5.41) is 7.09. The Morgan fingerprint density at radius 1 is 1.24 bits per heavy atom. The summed E-state index contributed by atoms with van der Waals surface area (Å²) in [4.78, 5) is 12.3. The van der Waals surface area contributed by atoms with E-state index in [9.17, 15) is 4.79 Å². The number of amides is 1. The van der Waals surface area contributed by atoms with Crippen molar-refractivity contribution in [3.8, 4) is 11.5 Å². The van der Waals surface area contributed by atoms with Crippen LogP contribution in [0.2, 0.25) is 0 Å². The van der Waals surface area contributed by atoms with E-state index in [1.54, 1.807) is 37.2 Å². The fourth-order valence-corrected chi connectivity index (χ4v) is 2.58. The third-order valence-corrected chi connectivity index (χ3v) is 3.83. The fraction of sp³-hybridized carbons (Fsp3) is 0.222. The van der Waals surface area contributed by atoms with Gasteiger partial charge in [0.05, 0.1) is 33.2 Å². The van der Waals surface area contributed by atoms with Crippen molar-refractivity contribution >= 4 is 11.7 Å². The molecule has 3 rings (SSSR count). The number of nitrogens with zero attached hydrogens (tertiary/aromatic N) is 2. The van der Waals surface area contributed by atoms with Gasteiger partial charge in [-0.05, 0) is 19.1 Å². The van der Waals surface area contributed by atoms with Gasteiger partial charge in [0.2, 0.25) is 0 Å². The zero-order valence-electron chi connectivity index (χ0n) is 14.3. The van der Waals surface area contributed by atoms with E-state index in [1.807, 2.05) is 25.1 Å². The van der Waals surface area contributed by atoms with Crippen molar-refractivity contribution in [2.24, 2.45) is 0 Å². The summed E-state index contributed by atoms with van der Waals surface area (Å²) in [7, 11) is 3.18. The van der Waals surface area contributed by atoms with Crippen LogP contribution in [0.1, 0.15) is 21.7 Å². The molecule has 0 atom stereocenters. The van der Waals surface area contributed by atoms with Crippen molar-refractivity contribution in [1.29, 1.82) is 0 Å². The lowest BCUT2D eigenvalue weighted by Gasteiger charge is -2.14. The molecule has 7 nitrogen and oxygen atoms in total. The Morgan fingerprint density at radius 3 is 2.76 bits per heavy atom. The Balaban J connectivity index is 1.83. The number of carbonyl (C=O) groups is 1. The Kier molecular flexibility index (Phi) is 4.74. The second kappa shape index (κ2) is 7.12. The molecule has 0 aliphatic heterocycles. The lowest BCUT2D eigenvalue weighted by molar-refractivity contribution is 0.0995. The molecule has 0 unspecified atom stereocenters. The highest BCUT2D eigenvalue weighted by Gasteiger charge is 2.16. The van der Waals surface area contributed by atoms with E-state index < -0.39 is 0 Å². The molecule has 0 aliphatic carbocycles. The van der Waals surface area contributed by atoms with Gasteiger partial charge in [-0.2, -0.15) is 5.10 Å². The van der Waals surface area contributed by atoms with E-state index >= 15 is 0 Å². The number of hydrogen-bond acceptors (Lipinski definition) is 5. The minimum absolute atomic E-state index is 0.284. The summed E-state index contributed by atoms with van der Waals surface area (Å²) in [5.74, 6) is 1.81. The molecule has 1 aromatic carbocycles. The first-order valence-electron chi connectivity index (χ1n) is 7.71. The smallest absolute Gasteiger partial charge is 0.292 e. The summed E-state index contributed by atoms with van der Waals surface area (Å²) in [5.41, 5.74) is 1.66. The lowest BCUT2D eigenvalue weighted by atomic mass is 10.2. The summed E-state index contributed by atoms with van der Waals surface area (Å²) in [6.45, 7) is 2.23. The Labute approximate surface area is 145 Å². The molecule has 1 N–H and O–H groups in total. The molecule has 0 fully saturated rings. The number of methoxy groups -OCH3 is 2. The van der Waals surface area contributed by atoms with E-state index in [1.165, 1.54) is 6.26 Å². The lowest BCUT2D eigenvalue weighted by Crippen LogP contribution is -2.16. The number of aryl methyl sites for hydroxylation is 1. The van der Waals surface area contributed by atoms with Crippen LogP contribution in [0.5, 0.6) is 11.5 Å². The normalized spacial score (nSPS) is 10.5. The van der Waals surface area contributed by atoms with Gasteiger partial charge in [0, 0.05) is 17.2 Å². The van der Waals surface area contributed by atoms with Gasteiger partial charge in [0.1, 0.15) is 5.82 Å². The number of para-hydroxylation sites is 1. The molecule has 0 aliphatic rings. The predicted molar refractivity (Wildman–Crippen MR) is 92.3 cm³/mol. The van der Waals surface area contributed by atoms with Crippen molar-refractivity contribution in [1.82, 2.24) is 9.78 Å². The number of hydrogen-bond donors (Lipinski definition) is 1. The van der Waals surface area contributed by atoms with Crippen molar-refractivity contribution in [2.45, 2.75) is 13.5 Å². The molecule has 0 saturated carbocycles. The molecule has 2 heterocycles. The highest BCUT2D eigenvalue weighted by Crippen LogP contribution is 2.31.